The van der Waals surface area contributed by atoms with Gasteiger partial charge in [-0.2, -0.15) is 0 Å². The molecule has 16 heavy (non-hydrogen) atoms. The zero-order valence-corrected chi connectivity index (χ0v) is 9.28. The first-order valence-electron chi connectivity index (χ1n) is 4.86. The van der Waals surface area contributed by atoms with E-state index in [4.69, 9.17) is 16.6 Å². The Morgan fingerprint density at radius 1 is 1.44 bits per heavy atom. The molecule has 1 aromatic rings. The van der Waals surface area contributed by atoms with Crippen molar-refractivity contribution in [3.05, 3.63) is 6.07 Å². The first-order valence-corrected chi connectivity index (χ1v) is 5.73. The van der Waals surface area contributed by atoms with Crippen molar-refractivity contribution >= 4 is 29.4 Å². The normalized spacial score (nSPS) is 17.0. The molecule has 1 atom stereocenters. The molecule has 1 aromatic heterocycles. The van der Waals surface area contributed by atoms with Crippen LogP contribution in [0.15, 0.2) is 11.2 Å². The Balaban J connectivity index is 2.14. The Labute approximate surface area is 96.4 Å². The van der Waals surface area contributed by atoms with Gasteiger partial charge >= 0.3 is 5.97 Å². The minimum atomic E-state index is -0.836. The number of aromatic nitrogens is 2. The molecule has 1 aliphatic rings. The molecule has 2 rings (SSSR count). The Hall–Kier alpha value is -1.50. The number of hydrogen-bond donors (Lipinski definition) is 3. The van der Waals surface area contributed by atoms with E-state index in [0.29, 0.717) is 5.16 Å². The predicted molar refractivity (Wildman–Crippen MR) is 60.9 cm³/mol. The number of carboxylic acid groups (broad SMARTS) is 1. The first-order chi connectivity index (χ1) is 7.56. The van der Waals surface area contributed by atoms with E-state index in [1.54, 1.807) is 0 Å². The van der Waals surface area contributed by atoms with Gasteiger partial charge in [0.2, 0.25) is 0 Å². The maximum Gasteiger partial charge on any atom is 0.317 e. The number of carbonyl (C=O) groups is 1. The average Bonchev–Trinajstić information content (AvgIpc) is 2.95. The van der Waals surface area contributed by atoms with Gasteiger partial charge in [-0.05, 0) is 18.8 Å². The minimum absolute atomic E-state index is 0.216. The molecule has 0 saturated heterocycles. The van der Waals surface area contributed by atoms with Crippen LogP contribution in [0.3, 0.4) is 0 Å². The number of nitrogens with zero attached hydrogens (tertiary/aromatic N) is 2. The van der Waals surface area contributed by atoms with E-state index in [9.17, 15) is 4.79 Å². The highest BCUT2D eigenvalue weighted by Crippen LogP contribution is 2.41. The van der Waals surface area contributed by atoms with E-state index in [2.05, 4.69) is 9.97 Å². The molecule has 6 nitrogen and oxygen atoms in total. The third kappa shape index (κ3) is 2.54. The lowest BCUT2D eigenvalue weighted by atomic mass is 10.3. The molecule has 1 unspecified atom stereocenters. The lowest BCUT2D eigenvalue weighted by Gasteiger charge is -2.09. The number of rotatable bonds is 4. The number of thioether (sulfide) groups is 1. The number of anilines is 2. The number of hydrogen-bond acceptors (Lipinski definition) is 6. The van der Waals surface area contributed by atoms with Gasteiger partial charge in [-0.3, -0.25) is 4.79 Å². The van der Waals surface area contributed by atoms with Crippen molar-refractivity contribution in [2.24, 2.45) is 5.92 Å². The molecule has 7 heteroatoms. The fourth-order valence-electron chi connectivity index (χ4n) is 1.38. The van der Waals surface area contributed by atoms with Crippen LogP contribution in [-0.4, -0.2) is 26.3 Å². The Bertz CT molecular complexity index is 402. The quantitative estimate of drug-likeness (QED) is 0.521. The van der Waals surface area contributed by atoms with E-state index < -0.39 is 11.2 Å². The predicted octanol–water partition coefficient (Wildman–Crippen LogP) is 0.596. The van der Waals surface area contributed by atoms with Crippen LogP contribution in [0.4, 0.5) is 11.6 Å². The summed E-state index contributed by atoms with van der Waals surface area (Å²) in [5, 5.41) is 8.88. The Kier molecular flexibility index (Phi) is 2.86. The lowest BCUT2D eigenvalue weighted by molar-refractivity contribution is -0.136. The topological polar surface area (TPSA) is 115 Å². The van der Waals surface area contributed by atoms with Crippen molar-refractivity contribution < 1.29 is 9.90 Å². The number of carboxylic acids is 1. The second-order valence-electron chi connectivity index (χ2n) is 3.71. The summed E-state index contributed by atoms with van der Waals surface area (Å²) >= 11 is 1.11. The van der Waals surface area contributed by atoms with Crippen molar-refractivity contribution in [3.63, 3.8) is 0 Å². The summed E-state index contributed by atoms with van der Waals surface area (Å²) in [6.07, 6.45) is 1.89. The highest BCUT2D eigenvalue weighted by molar-refractivity contribution is 8.00. The minimum Gasteiger partial charge on any atom is -0.480 e. The molecule has 5 N–H and O–H groups in total. The molecule has 1 saturated carbocycles. The number of aliphatic carboxylic acids is 1. The molecule has 0 bridgehead atoms. The molecule has 0 aromatic carbocycles. The summed E-state index contributed by atoms with van der Waals surface area (Å²) < 4.78 is 0. The van der Waals surface area contributed by atoms with Crippen LogP contribution in [0.25, 0.3) is 0 Å². The summed E-state index contributed by atoms with van der Waals surface area (Å²) in [5.41, 5.74) is 11.0. The Morgan fingerprint density at radius 3 is 2.44 bits per heavy atom. The summed E-state index contributed by atoms with van der Waals surface area (Å²) in [4.78, 5) is 18.9. The van der Waals surface area contributed by atoms with Gasteiger partial charge < -0.3 is 16.6 Å². The van der Waals surface area contributed by atoms with Crippen molar-refractivity contribution in [1.82, 2.24) is 9.97 Å². The van der Waals surface area contributed by atoms with E-state index in [0.717, 1.165) is 24.6 Å². The van der Waals surface area contributed by atoms with Crippen LogP contribution in [0.5, 0.6) is 0 Å². The van der Waals surface area contributed by atoms with Gasteiger partial charge in [0.1, 0.15) is 16.9 Å². The summed E-state index contributed by atoms with van der Waals surface area (Å²) in [6.45, 7) is 0. The lowest BCUT2D eigenvalue weighted by Crippen LogP contribution is -2.19. The second-order valence-corrected chi connectivity index (χ2v) is 4.82. The largest absolute Gasteiger partial charge is 0.480 e. The van der Waals surface area contributed by atoms with Gasteiger partial charge in [0, 0.05) is 6.07 Å². The summed E-state index contributed by atoms with van der Waals surface area (Å²) in [7, 11) is 0. The molecule has 1 fully saturated rings. The van der Waals surface area contributed by atoms with Crippen molar-refractivity contribution in [2.75, 3.05) is 11.5 Å². The first kappa shape index (κ1) is 11.0. The van der Waals surface area contributed by atoms with Crippen molar-refractivity contribution in [3.8, 4) is 0 Å². The molecule has 86 valence electrons. The maximum absolute atomic E-state index is 11.0. The highest BCUT2D eigenvalue weighted by Gasteiger charge is 2.37. The standard InChI is InChI=1S/C9H12N4O2S/c10-5-3-6(11)13-9(12-5)16-7(8(14)15)4-1-2-4/h3-4,7H,1-2H2,(H,14,15)(H4,10,11,12,13). The monoisotopic (exact) mass is 240 g/mol. The Morgan fingerprint density at radius 2 is 2.00 bits per heavy atom. The van der Waals surface area contributed by atoms with Crippen LogP contribution in [0.1, 0.15) is 12.8 Å². The van der Waals surface area contributed by atoms with Gasteiger partial charge in [0.05, 0.1) is 0 Å². The maximum atomic E-state index is 11.0. The van der Waals surface area contributed by atoms with Gasteiger partial charge in [-0.15, -0.1) is 0 Å². The van der Waals surface area contributed by atoms with Gasteiger partial charge in [0.15, 0.2) is 5.16 Å². The zero-order chi connectivity index (χ0) is 11.7. The average molecular weight is 240 g/mol. The SMILES string of the molecule is Nc1cc(N)nc(SC(C(=O)O)C2CC2)n1. The molecule has 0 spiro atoms. The van der Waals surface area contributed by atoms with E-state index in [-0.39, 0.29) is 17.6 Å². The zero-order valence-electron chi connectivity index (χ0n) is 8.46. The van der Waals surface area contributed by atoms with Crippen LogP contribution >= 0.6 is 11.8 Å². The molecule has 1 aliphatic carbocycles. The summed E-state index contributed by atoms with van der Waals surface area (Å²) in [5.74, 6) is -0.101. The van der Waals surface area contributed by atoms with Crippen LogP contribution in [0, 0.1) is 5.92 Å². The molecular weight excluding hydrogens is 228 g/mol. The van der Waals surface area contributed by atoms with Crippen LogP contribution in [0.2, 0.25) is 0 Å². The smallest absolute Gasteiger partial charge is 0.317 e. The fourth-order valence-corrected chi connectivity index (χ4v) is 2.48. The molecule has 0 amide bonds. The van der Waals surface area contributed by atoms with Gasteiger partial charge in [-0.1, -0.05) is 11.8 Å². The number of nitrogen functional groups attached to an aromatic ring is 2. The molecule has 0 aliphatic heterocycles. The summed E-state index contributed by atoms with van der Waals surface area (Å²) in [6, 6.07) is 1.44. The van der Waals surface area contributed by atoms with Gasteiger partial charge in [-0.25, -0.2) is 9.97 Å². The second kappa shape index (κ2) is 4.17. The van der Waals surface area contributed by atoms with Crippen molar-refractivity contribution in [2.45, 2.75) is 23.2 Å². The third-order valence-electron chi connectivity index (χ3n) is 2.27. The third-order valence-corrected chi connectivity index (χ3v) is 3.51. The molecule has 1 heterocycles. The fraction of sp³-hybridized carbons (Fsp3) is 0.444. The van der Waals surface area contributed by atoms with Crippen LogP contribution in [-0.2, 0) is 4.79 Å². The molecule has 0 radical (unpaired) electrons. The van der Waals surface area contributed by atoms with Crippen molar-refractivity contribution in [1.29, 1.82) is 0 Å². The number of nitrogens with two attached hydrogens (primary N) is 2. The van der Waals surface area contributed by atoms with E-state index >= 15 is 0 Å². The van der Waals surface area contributed by atoms with Gasteiger partial charge in [0.25, 0.3) is 0 Å². The van der Waals surface area contributed by atoms with E-state index in [1.165, 1.54) is 6.07 Å². The highest BCUT2D eigenvalue weighted by atomic mass is 32.2. The van der Waals surface area contributed by atoms with Crippen LogP contribution < -0.4 is 11.5 Å². The molecular formula is C9H12N4O2S. The van der Waals surface area contributed by atoms with E-state index in [1.807, 2.05) is 0 Å².